The number of nitrogens with zero attached hydrogens (tertiary/aromatic N) is 3. The average molecular weight is 693 g/mol. The minimum Gasteiger partial charge on any atom is -0.371 e. The first-order valence-corrected chi connectivity index (χ1v) is 15.5. The molecule has 2 aliphatic rings. The van der Waals surface area contributed by atoms with E-state index in [0.29, 0.717) is 38.7 Å². The minimum absolute atomic E-state index is 0.0441. The van der Waals surface area contributed by atoms with Crippen LogP contribution in [0.25, 0.3) is 11.0 Å². The summed E-state index contributed by atoms with van der Waals surface area (Å²) in [5.41, 5.74) is 0.402. The van der Waals surface area contributed by atoms with Gasteiger partial charge in [-0.15, -0.1) is 0 Å². The Morgan fingerprint density at radius 1 is 1.07 bits per heavy atom. The number of benzene rings is 2. The predicted octanol–water partition coefficient (Wildman–Crippen LogP) is 7.14. The number of halogens is 8. The van der Waals surface area contributed by atoms with Gasteiger partial charge in [0.25, 0.3) is 17.7 Å². The standard InChI is InChI=1S/C31H33Cl2F6N5O2/c1-29(2,34)28(46)40-15-16-4-5-21(32)19(26(16)33)11-25-42-22-10-20(27(45)41-18-13-30(35,36)14-18)23(12-24(22)43(25)3)44-8-6-17(7-9-44)31(37,38)39/h4-5,10,12,17-18H,6-9,11,13-15H2,1-3H3,(H,40,46)(H,41,45). The van der Waals surface area contributed by atoms with E-state index in [9.17, 15) is 35.9 Å². The third-order valence-electron chi connectivity index (χ3n) is 8.64. The van der Waals surface area contributed by atoms with Crippen molar-refractivity contribution in [3.63, 3.8) is 0 Å². The molecule has 1 aliphatic heterocycles. The number of alkyl halides is 6. The maximum atomic E-state index is 14.0. The summed E-state index contributed by atoms with van der Waals surface area (Å²) in [5.74, 6) is -5.23. The molecule has 2 amide bonds. The molecule has 5 rings (SSSR count). The predicted molar refractivity (Wildman–Crippen MR) is 163 cm³/mol. The lowest BCUT2D eigenvalue weighted by molar-refractivity contribution is -0.179. The monoisotopic (exact) mass is 691 g/mol. The number of rotatable bonds is 8. The van der Waals surface area contributed by atoms with Crippen molar-refractivity contribution in [3.05, 3.63) is 56.8 Å². The highest BCUT2D eigenvalue weighted by atomic mass is 35.5. The molecule has 7 nitrogen and oxygen atoms in total. The van der Waals surface area contributed by atoms with Crippen LogP contribution in [0, 0.1) is 5.92 Å². The maximum Gasteiger partial charge on any atom is 0.391 e. The first kappa shape index (κ1) is 34.2. The van der Waals surface area contributed by atoms with Gasteiger partial charge in [-0.1, -0.05) is 29.3 Å². The van der Waals surface area contributed by atoms with E-state index in [1.54, 1.807) is 34.7 Å². The Hall–Kier alpha value is -3.19. The smallest absolute Gasteiger partial charge is 0.371 e. The highest BCUT2D eigenvalue weighted by molar-refractivity contribution is 6.36. The summed E-state index contributed by atoms with van der Waals surface area (Å²) in [6.07, 6.45) is -5.47. The summed E-state index contributed by atoms with van der Waals surface area (Å²) < 4.78 is 82.8. The van der Waals surface area contributed by atoms with Crippen molar-refractivity contribution in [2.75, 3.05) is 18.0 Å². The molecular formula is C31H33Cl2F6N5O2. The van der Waals surface area contributed by atoms with Crippen LogP contribution >= 0.6 is 23.2 Å². The van der Waals surface area contributed by atoms with Crippen LogP contribution in [0.2, 0.25) is 10.0 Å². The molecule has 0 radical (unpaired) electrons. The second-order valence-corrected chi connectivity index (χ2v) is 13.3. The molecule has 15 heteroatoms. The number of fused-ring (bicyclic) bond motifs is 1. The lowest BCUT2D eigenvalue weighted by Gasteiger charge is -2.37. The first-order valence-electron chi connectivity index (χ1n) is 14.8. The molecule has 1 saturated heterocycles. The van der Waals surface area contributed by atoms with Crippen LogP contribution in [0.5, 0.6) is 0 Å². The molecule has 1 aromatic heterocycles. The number of aromatic nitrogens is 2. The number of piperidine rings is 1. The van der Waals surface area contributed by atoms with E-state index in [0.717, 1.165) is 13.8 Å². The quantitative estimate of drug-likeness (QED) is 0.246. The van der Waals surface area contributed by atoms with Crippen LogP contribution < -0.4 is 15.5 Å². The number of hydrogen-bond acceptors (Lipinski definition) is 4. The average Bonchev–Trinajstić information content (AvgIpc) is 3.26. The van der Waals surface area contributed by atoms with Crippen molar-refractivity contribution >= 4 is 51.7 Å². The Bertz CT molecular complexity index is 1650. The van der Waals surface area contributed by atoms with E-state index < -0.39 is 54.4 Å². The number of aryl methyl sites for hydroxylation is 1. The Kier molecular flexibility index (Phi) is 9.24. The molecule has 2 N–H and O–H groups in total. The molecule has 0 unspecified atom stereocenters. The van der Waals surface area contributed by atoms with Gasteiger partial charge in [-0.05, 0) is 56.0 Å². The number of anilines is 1. The Morgan fingerprint density at radius 3 is 2.30 bits per heavy atom. The molecule has 1 saturated carbocycles. The molecule has 46 heavy (non-hydrogen) atoms. The van der Waals surface area contributed by atoms with E-state index in [4.69, 9.17) is 28.2 Å². The van der Waals surface area contributed by atoms with Crippen LogP contribution in [0.4, 0.5) is 32.0 Å². The second kappa shape index (κ2) is 12.4. The molecule has 0 atom stereocenters. The molecular weight excluding hydrogens is 659 g/mol. The number of amides is 2. The van der Waals surface area contributed by atoms with Crippen molar-refractivity contribution < 1.29 is 35.9 Å². The number of carbonyl (C=O) groups is 2. The molecule has 2 aromatic carbocycles. The maximum absolute atomic E-state index is 14.0. The largest absolute Gasteiger partial charge is 0.391 e. The highest BCUT2D eigenvalue weighted by Crippen LogP contribution is 2.40. The van der Waals surface area contributed by atoms with Gasteiger partial charge in [0.15, 0.2) is 5.67 Å². The van der Waals surface area contributed by atoms with Gasteiger partial charge in [-0.3, -0.25) is 9.59 Å². The molecule has 0 spiro atoms. The number of carbonyl (C=O) groups excluding carboxylic acids is 2. The van der Waals surface area contributed by atoms with Gasteiger partial charge in [-0.2, -0.15) is 13.2 Å². The van der Waals surface area contributed by atoms with E-state index in [1.807, 2.05) is 0 Å². The highest BCUT2D eigenvalue weighted by Gasteiger charge is 2.46. The summed E-state index contributed by atoms with van der Waals surface area (Å²) >= 11 is 13.2. The molecule has 0 bridgehead atoms. The van der Waals surface area contributed by atoms with Gasteiger partial charge < -0.3 is 20.1 Å². The van der Waals surface area contributed by atoms with Crippen LogP contribution in [0.3, 0.4) is 0 Å². The Balaban J connectivity index is 1.47. The number of nitrogens with one attached hydrogen (secondary N) is 2. The summed E-state index contributed by atoms with van der Waals surface area (Å²) in [5, 5.41) is 5.71. The third kappa shape index (κ3) is 7.20. The van der Waals surface area contributed by atoms with Gasteiger partial charge in [0, 0.05) is 57.0 Å². The van der Waals surface area contributed by atoms with Crippen molar-refractivity contribution in [3.8, 4) is 0 Å². The summed E-state index contributed by atoms with van der Waals surface area (Å²) in [4.78, 5) is 31.8. The van der Waals surface area contributed by atoms with Crippen molar-refractivity contribution in [2.45, 2.75) is 76.3 Å². The van der Waals surface area contributed by atoms with Gasteiger partial charge in [0.05, 0.1) is 33.2 Å². The van der Waals surface area contributed by atoms with Crippen molar-refractivity contribution in [1.82, 2.24) is 20.2 Å². The zero-order chi connectivity index (χ0) is 33.8. The molecule has 3 aromatic rings. The molecule has 1 aliphatic carbocycles. The lowest BCUT2D eigenvalue weighted by atomic mass is 9.88. The van der Waals surface area contributed by atoms with E-state index >= 15 is 0 Å². The van der Waals surface area contributed by atoms with Gasteiger partial charge in [-0.25, -0.2) is 18.2 Å². The van der Waals surface area contributed by atoms with E-state index in [2.05, 4.69) is 10.6 Å². The summed E-state index contributed by atoms with van der Waals surface area (Å²) in [6.45, 7) is 2.34. The second-order valence-electron chi connectivity index (χ2n) is 12.5. The molecule has 2 fully saturated rings. The fourth-order valence-corrected chi connectivity index (χ4v) is 6.41. The fourth-order valence-electron chi connectivity index (χ4n) is 5.84. The van der Waals surface area contributed by atoms with Crippen LogP contribution in [-0.4, -0.2) is 58.3 Å². The lowest BCUT2D eigenvalue weighted by Crippen LogP contribution is -2.50. The molecule has 2 heterocycles. The minimum atomic E-state index is -4.32. The fraction of sp³-hybridized carbons (Fsp3) is 0.516. The third-order valence-corrected chi connectivity index (χ3v) is 9.46. The SMILES string of the molecule is Cn1c(Cc2c(Cl)ccc(CNC(=O)C(C)(C)F)c2Cl)nc2cc(C(=O)NC3CC(F)(F)C3)c(N3CCC(C(F)(F)F)CC3)cc21. The zero-order valence-corrected chi connectivity index (χ0v) is 26.8. The number of imidazole rings is 1. The Morgan fingerprint density at radius 2 is 1.72 bits per heavy atom. The van der Waals surface area contributed by atoms with Crippen LogP contribution in [0.15, 0.2) is 24.3 Å². The van der Waals surface area contributed by atoms with Crippen LogP contribution in [-0.2, 0) is 24.8 Å². The van der Waals surface area contributed by atoms with Crippen molar-refractivity contribution in [1.29, 1.82) is 0 Å². The van der Waals surface area contributed by atoms with Gasteiger partial charge in [0.2, 0.25) is 0 Å². The first-order chi connectivity index (χ1) is 21.3. The van der Waals surface area contributed by atoms with Crippen molar-refractivity contribution in [2.24, 2.45) is 13.0 Å². The normalized spacial score (nSPS) is 17.7. The topological polar surface area (TPSA) is 79.3 Å². The van der Waals surface area contributed by atoms with E-state index in [1.165, 1.54) is 6.07 Å². The molecule has 250 valence electrons. The number of hydrogen-bond donors (Lipinski definition) is 2. The van der Waals surface area contributed by atoms with Gasteiger partial charge in [0.1, 0.15) is 5.82 Å². The van der Waals surface area contributed by atoms with E-state index in [-0.39, 0.29) is 49.5 Å². The summed E-state index contributed by atoms with van der Waals surface area (Å²) in [6, 6.07) is 5.69. The Labute approximate surface area is 271 Å². The van der Waals surface area contributed by atoms with Crippen LogP contribution in [0.1, 0.15) is 66.8 Å². The van der Waals surface area contributed by atoms with Gasteiger partial charge >= 0.3 is 6.18 Å². The zero-order valence-electron chi connectivity index (χ0n) is 25.3. The summed E-state index contributed by atoms with van der Waals surface area (Å²) in [7, 11) is 1.73.